The summed E-state index contributed by atoms with van der Waals surface area (Å²) in [5.41, 5.74) is 2.46. The molecule has 0 bridgehead atoms. The van der Waals surface area contributed by atoms with Gasteiger partial charge in [0.15, 0.2) is 5.76 Å². The van der Waals surface area contributed by atoms with E-state index in [4.69, 9.17) is 16.0 Å². The molecular weight excluding hydrogens is 398 g/mol. The van der Waals surface area contributed by atoms with Crippen LogP contribution in [-0.4, -0.2) is 30.8 Å². The third-order valence-electron chi connectivity index (χ3n) is 4.36. The van der Waals surface area contributed by atoms with Crippen molar-refractivity contribution in [3.8, 4) is 11.3 Å². The van der Waals surface area contributed by atoms with Crippen LogP contribution in [0, 0.1) is 6.92 Å². The first-order valence-electron chi connectivity index (χ1n) is 8.94. The molecule has 2 aromatic carbocycles. The molecule has 0 atom stereocenters. The Morgan fingerprint density at radius 2 is 1.79 bits per heavy atom. The number of rotatable bonds is 7. The Morgan fingerprint density at radius 3 is 2.43 bits per heavy atom. The van der Waals surface area contributed by atoms with E-state index in [1.807, 2.05) is 31.2 Å². The number of hydrogen-bond acceptors (Lipinski definition) is 5. The van der Waals surface area contributed by atoms with Crippen molar-refractivity contribution in [3.63, 3.8) is 0 Å². The molecule has 148 valence electrons. The topological polar surface area (TPSA) is 75.4 Å². The van der Waals surface area contributed by atoms with Gasteiger partial charge < -0.3 is 9.73 Å². The highest BCUT2D eigenvalue weighted by atomic mass is 35.5. The van der Waals surface area contributed by atoms with Crippen LogP contribution < -0.4 is 5.32 Å². The van der Waals surface area contributed by atoms with Gasteiger partial charge in [-0.3, -0.25) is 0 Å². The molecule has 28 heavy (non-hydrogen) atoms. The van der Waals surface area contributed by atoms with Crippen molar-refractivity contribution in [3.05, 3.63) is 59.2 Å². The van der Waals surface area contributed by atoms with Gasteiger partial charge in [0.05, 0.1) is 21.8 Å². The van der Waals surface area contributed by atoms with Crippen molar-refractivity contribution >= 4 is 33.3 Å². The number of benzene rings is 2. The van der Waals surface area contributed by atoms with Gasteiger partial charge in [0.1, 0.15) is 0 Å². The predicted octanol–water partition coefficient (Wildman–Crippen LogP) is 5.08. The highest BCUT2D eigenvalue weighted by molar-refractivity contribution is 7.89. The van der Waals surface area contributed by atoms with Gasteiger partial charge in [-0.1, -0.05) is 55.3 Å². The zero-order valence-corrected chi connectivity index (χ0v) is 17.5. The molecule has 0 fully saturated rings. The molecule has 1 heterocycles. The van der Waals surface area contributed by atoms with Crippen LogP contribution in [0.3, 0.4) is 0 Å². The summed E-state index contributed by atoms with van der Waals surface area (Å²) in [7, 11) is -3.59. The molecule has 0 saturated carbocycles. The number of anilines is 2. The second kappa shape index (κ2) is 8.34. The summed E-state index contributed by atoms with van der Waals surface area (Å²) >= 11 is 6.24. The first kappa shape index (κ1) is 20.4. The van der Waals surface area contributed by atoms with E-state index in [0.717, 1.165) is 11.1 Å². The molecule has 0 amide bonds. The summed E-state index contributed by atoms with van der Waals surface area (Å²) in [4.78, 5) is 4.37. The largest absolute Gasteiger partial charge is 0.423 e. The second-order valence-electron chi connectivity index (χ2n) is 6.25. The van der Waals surface area contributed by atoms with Crippen LogP contribution in [0.5, 0.6) is 0 Å². The van der Waals surface area contributed by atoms with E-state index in [2.05, 4.69) is 10.3 Å². The maximum absolute atomic E-state index is 12.7. The minimum Gasteiger partial charge on any atom is -0.423 e. The van der Waals surface area contributed by atoms with E-state index in [-0.39, 0.29) is 10.9 Å². The van der Waals surface area contributed by atoms with Crippen LogP contribution in [-0.2, 0) is 10.0 Å². The molecule has 0 aliphatic rings. The Hall–Kier alpha value is -2.35. The summed E-state index contributed by atoms with van der Waals surface area (Å²) < 4.78 is 32.6. The number of nitrogens with one attached hydrogen (secondary N) is 1. The lowest BCUT2D eigenvalue weighted by molar-refractivity contribution is 0.445. The smallest absolute Gasteiger partial charge is 0.299 e. The quantitative estimate of drug-likeness (QED) is 0.578. The van der Waals surface area contributed by atoms with Crippen molar-refractivity contribution in [1.29, 1.82) is 0 Å². The van der Waals surface area contributed by atoms with Crippen molar-refractivity contribution in [2.75, 3.05) is 18.4 Å². The number of aryl methyl sites for hydroxylation is 1. The van der Waals surface area contributed by atoms with E-state index < -0.39 is 10.0 Å². The van der Waals surface area contributed by atoms with E-state index in [1.54, 1.807) is 26.1 Å². The van der Waals surface area contributed by atoms with Gasteiger partial charge in [0.25, 0.3) is 6.01 Å². The molecule has 0 unspecified atom stereocenters. The van der Waals surface area contributed by atoms with Gasteiger partial charge >= 0.3 is 0 Å². The first-order valence-corrected chi connectivity index (χ1v) is 10.8. The molecule has 8 heteroatoms. The molecule has 6 nitrogen and oxygen atoms in total. The standard InChI is InChI=1S/C20H22ClN3O3S/c1-4-24(5-2)28(25,26)16-10-11-17(21)18(12-16)23-20-22-13-19(27-20)15-8-6-14(3)7-9-15/h6-13H,4-5H2,1-3H3,(H,22,23). The summed E-state index contributed by atoms with van der Waals surface area (Å²) in [6.07, 6.45) is 1.61. The molecular formula is C20H22ClN3O3S. The van der Waals surface area contributed by atoms with Crippen LogP contribution in [0.1, 0.15) is 19.4 Å². The maximum Gasteiger partial charge on any atom is 0.299 e. The maximum atomic E-state index is 12.7. The molecule has 3 aromatic rings. The highest BCUT2D eigenvalue weighted by Crippen LogP contribution is 2.31. The van der Waals surface area contributed by atoms with E-state index in [0.29, 0.717) is 29.6 Å². The third-order valence-corrected chi connectivity index (χ3v) is 6.74. The molecule has 1 aromatic heterocycles. The monoisotopic (exact) mass is 419 g/mol. The van der Waals surface area contributed by atoms with E-state index in [1.165, 1.54) is 16.4 Å². The minimum atomic E-state index is -3.59. The Morgan fingerprint density at radius 1 is 1.11 bits per heavy atom. The Balaban J connectivity index is 1.88. The van der Waals surface area contributed by atoms with Gasteiger partial charge in [-0.05, 0) is 25.1 Å². The van der Waals surface area contributed by atoms with Crippen molar-refractivity contribution in [2.24, 2.45) is 0 Å². The number of nitrogens with zero attached hydrogens (tertiary/aromatic N) is 2. The second-order valence-corrected chi connectivity index (χ2v) is 8.60. The van der Waals surface area contributed by atoms with Crippen LogP contribution in [0.15, 0.2) is 58.0 Å². The molecule has 0 radical (unpaired) electrons. The average molecular weight is 420 g/mol. The fraction of sp³-hybridized carbons (Fsp3) is 0.250. The number of sulfonamides is 1. The SMILES string of the molecule is CCN(CC)S(=O)(=O)c1ccc(Cl)c(Nc2ncc(-c3ccc(C)cc3)o2)c1. The third kappa shape index (κ3) is 4.22. The lowest BCUT2D eigenvalue weighted by atomic mass is 10.1. The van der Waals surface area contributed by atoms with E-state index in [9.17, 15) is 8.42 Å². The van der Waals surface area contributed by atoms with Gasteiger partial charge in [-0.2, -0.15) is 4.31 Å². The van der Waals surface area contributed by atoms with Crippen molar-refractivity contribution in [1.82, 2.24) is 9.29 Å². The van der Waals surface area contributed by atoms with Crippen LogP contribution >= 0.6 is 11.6 Å². The van der Waals surface area contributed by atoms with Gasteiger partial charge in [-0.15, -0.1) is 0 Å². The lowest BCUT2D eigenvalue weighted by Crippen LogP contribution is -2.30. The van der Waals surface area contributed by atoms with E-state index >= 15 is 0 Å². The minimum absolute atomic E-state index is 0.161. The van der Waals surface area contributed by atoms with Gasteiger partial charge in [-0.25, -0.2) is 13.4 Å². The predicted molar refractivity (Wildman–Crippen MR) is 112 cm³/mol. The number of aromatic nitrogens is 1. The fourth-order valence-electron chi connectivity index (χ4n) is 2.77. The molecule has 0 aliphatic carbocycles. The fourth-order valence-corrected chi connectivity index (χ4v) is 4.42. The number of oxazole rings is 1. The Labute approximate surface area is 170 Å². The molecule has 0 aliphatic heterocycles. The Bertz CT molecular complexity index is 1060. The number of halogens is 1. The molecule has 0 spiro atoms. The van der Waals surface area contributed by atoms with Crippen LogP contribution in [0.2, 0.25) is 5.02 Å². The van der Waals surface area contributed by atoms with Crippen LogP contribution in [0.4, 0.5) is 11.7 Å². The van der Waals surface area contributed by atoms with Gasteiger partial charge in [0.2, 0.25) is 10.0 Å². The Kier molecular flexibility index (Phi) is 6.07. The van der Waals surface area contributed by atoms with Gasteiger partial charge in [0, 0.05) is 18.7 Å². The first-order chi connectivity index (χ1) is 13.3. The number of hydrogen-bond donors (Lipinski definition) is 1. The molecule has 3 rings (SSSR count). The summed E-state index contributed by atoms with van der Waals surface area (Å²) in [5, 5.41) is 3.34. The zero-order valence-electron chi connectivity index (χ0n) is 15.9. The summed E-state index contributed by atoms with van der Waals surface area (Å²) in [6.45, 7) is 6.40. The van der Waals surface area contributed by atoms with Crippen LogP contribution in [0.25, 0.3) is 11.3 Å². The zero-order chi connectivity index (χ0) is 20.3. The molecule has 0 saturated heterocycles. The summed E-state index contributed by atoms with van der Waals surface area (Å²) in [5.74, 6) is 0.602. The summed E-state index contributed by atoms with van der Waals surface area (Å²) in [6, 6.07) is 12.6. The normalized spacial score (nSPS) is 11.8. The van der Waals surface area contributed by atoms with Crippen molar-refractivity contribution in [2.45, 2.75) is 25.7 Å². The lowest BCUT2D eigenvalue weighted by Gasteiger charge is -2.19. The van der Waals surface area contributed by atoms with Crippen molar-refractivity contribution < 1.29 is 12.8 Å². The average Bonchev–Trinajstić information content (AvgIpc) is 3.13. The molecule has 1 N–H and O–H groups in total. The highest BCUT2D eigenvalue weighted by Gasteiger charge is 2.22.